The third kappa shape index (κ3) is 4.38. The van der Waals surface area contributed by atoms with Crippen LogP contribution in [-0.2, 0) is 12.1 Å². The van der Waals surface area contributed by atoms with E-state index in [0.29, 0.717) is 0 Å². The lowest BCUT2D eigenvalue weighted by molar-refractivity contribution is 0.402. The van der Waals surface area contributed by atoms with Crippen molar-refractivity contribution in [3.05, 3.63) is 67.0 Å². The number of rotatable bonds is 5. The van der Waals surface area contributed by atoms with Gasteiger partial charge in [-0.25, -0.2) is 24.6 Å². The highest BCUT2D eigenvalue weighted by molar-refractivity contribution is 5.87. The number of fused-ring (bicyclic) bond motifs is 1. The normalized spacial score (nSPS) is 12.1. The van der Waals surface area contributed by atoms with E-state index in [1.807, 2.05) is 0 Å². The highest BCUT2D eigenvalue weighted by atomic mass is 15.3. The van der Waals surface area contributed by atoms with E-state index in [2.05, 4.69) is 101 Å². The zero-order valence-corrected chi connectivity index (χ0v) is 20.6. The first-order chi connectivity index (χ1) is 16.7. The van der Waals surface area contributed by atoms with E-state index in [4.69, 9.17) is 10.7 Å². The van der Waals surface area contributed by atoms with Gasteiger partial charge in [0.25, 0.3) is 0 Å². The maximum absolute atomic E-state index is 5.67. The van der Waals surface area contributed by atoms with Crippen LogP contribution in [0, 0.1) is 0 Å². The first kappa shape index (κ1) is 22.7. The van der Waals surface area contributed by atoms with Gasteiger partial charge in [0.2, 0.25) is 5.95 Å². The Balaban J connectivity index is 1.75. The van der Waals surface area contributed by atoms with Crippen molar-refractivity contribution in [1.82, 2.24) is 39.2 Å². The molecule has 178 valence electrons. The van der Waals surface area contributed by atoms with Crippen LogP contribution < -0.4 is 5.73 Å². The van der Waals surface area contributed by atoms with Gasteiger partial charge >= 0.3 is 0 Å². The summed E-state index contributed by atoms with van der Waals surface area (Å²) in [6.45, 7) is 7.40. The maximum atomic E-state index is 5.67. The Labute approximate surface area is 204 Å². The molecule has 0 bridgehead atoms. The SMILES string of the molecule is CN(C)Cc1ccc(-n2cncn2)c(-c2nc3cc(-c4cnc(N)nc4)ccc3n2C(C)(C)C)c1. The molecule has 0 saturated heterocycles. The van der Waals surface area contributed by atoms with Gasteiger partial charge in [0.1, 0.15) is 18.5 Å². The molecule has 9 heteroatoms. The summed E-state index contributed by atoms with van der Waals surface area (Å²) in [7, 11) is 4.13. The van der Waals surface area contributed by atoms with Crippen LogP contribution in [0.1, 0.15) is 26.3 Å². The average Bonchev–Trinajstić information content (AvgIpc) is 3.46. The Morgan fingerprint density at radius 1 is 0.971 bits per heavy atom. The molecule has 2 N–H and O–H groups in total. The highest BCUT2D eigenvalue weighted by Crippen LogP contribution is 2.36. The molecule has 0 amide bonds. The number of nitrogen functional groups attached to an aromatic ring is 1. The average molecular weight is 468 g/mol. The molecule has 3 aromatic heterocycles. The van der Waals surface area contributed by atoms with Crippen LogP contribution in [0.25, 0.3) is 39.2 Å². The summed E-state index contributed by atoms with van der Waals surface area (Å²) in [4.78, 5) is 19.8. The van der Waals surface area contributed by atoms with Crippen molar-refractivity contribution in [3.8, 4) is 28.2 Å². The number of nitrogens with two attached hydrogens (primary N) is 1. The predicted octanol–water partition coefficient (Wildman–Crippen LogP) is 4.14. The quantitative estimate of drug-likeness (QED) is 0.414. The molecule has 5 rings (SSSR count). The van der Waals surface area contributed by atoms with E-state index in [0.717, 1.165) is 45.8 Å². The Morgan fingerprint density at radius 2 is 1.74 bits per heavy atom. The van der Waals surface area contributed by atoms with E-state index in [1.54, 1.807) is 29.7 Å². The number of nitrogens with zero attached hydrogens (tertiary/aromatic N) is 8. The minimum Gasteiger partial charge on any atom is -0.368 e. The van der Waals surface area contributed by atoms with E-state index < -0.39 is 0 Å². The molecule has 0 atom stereocenters. The fourth-order valence-corrected chi connectivity index (χ4v) is 4.36. The number of hydrogen-bond donors (Lipinski definition) is 1. The second-order valence-electron chi connectivity index (χ2n) is 9.90. The smallest absolute Gasteiger partial charge is 0.219 e. The highest BCUT2D eigenvalue weighted by Gasteiger charge is 2.25. The Kier molecular flexibility index (Phi) is 5.56. The molecular formula is C26H29N9. The minimum atomic E-state index is -0.215. The number of imidazole rings is 1. The molecule has 0 fully saturated rings. The molecule has 0 spiro atoms. The third-order valence-electron chi connectivity index (χ3n) is 5.80. The zero-order valence-electron chi connectivity index (χ0n) is 20.6. The predicted molar refractivity (Wildman–Crippen MR) is 138 cm³/mol. The van der Waals surface area contributed by atoms with Gasteiger partial charge in [0.15, 0.2) is 0 Å². The number of hydrogen-bond acceptors (Lipinski definition) is 7. The third-order valence-corrected chi connectivity index (χ3v) is 5.80. The summed E-state index contributed by atoms with van der Waals surface area (Å²) < 4.78 is 4.08. The van der Waals surface area contributed by atoms with E-state index >= 15 is 0 Å². The van der Waals surface area contributed by atoms with Crippen molar-refractivity contribution in [2.75, 3.05) is 19.8 Å². The van der Waals surface area contributed by atoms with Gasteiger partial charge < -0.3 is 15.2 Å². The van der Waals surface area contributed by atoms with Gasteiger partial charge in [-0.05, 0) is 70.3 Å². The Hall–Kier alpha value is -4.11. The van der Waals surface area contributed by atoms with E-state index in [9.17, 15) is 0 Å². The van der Waals surface area contributed by atoms with Crippen LogP contribution in [0.4, 0.5) is 5.95 Å². The topological polar surface area (TPSA) is 104 Å². The minimum absolute atomic E-state index is 0.215. The summed E-state index contributed by atoms with van der Waals surface area (Å²) in [6, 6.07) is 12.7. The number of benzene rings is 2. The summed E-state index contributed by atoms with van der Waals surface area (Å²) in [6.07, 6.45) is 6.73. The molecule has 5 aromatic rings. The standard InChI is InChI=1S/C26H29N9/c1-26(2,3)35-23-9-7-18(19-12-29-25(27)30-13-19)11-21(23)32-24(35)20-10-17(14-33(4)5)6-8-22(20)34-16-28-15-31-34/h6-13,15-16H,14H2,1-5H3,(H2,27,29,30). The lowest BCUT2D eigenvalue weighted by Gasteiger charge is -2.26. The van der Waals surface area contributed by atoms with Crippen molar-refractivity contribution in [3.63, 3.8) is 0 Å². The monoisotopic (exact) mass is 467 g/mol. The molecule has 2 aromatic carbocycles. The lowest BCUT2D eigenvalue weighted by Crippen LogP contribution is -2.23. The van der Waals surface area contributed by atoms with Crippen molar-refractivity contribution in [2.45, 2.75) is 32.9 Å². The van der Waals surface area contributed by atoms with Crippen molar-refractivity contribution in [2.24, 2.45) is 0 Å². The van der Waals surface area contributed by atoms with Crippen molar-refractivity contribution < 1.29 is 0 Å². The van der Waals surface area contributed by atoms with Gasteiger partial charge in [0.05, 0.1) is 16.7 Å². The van der Waals surface area contributed by atoms with Gasteiger partial charge in [0, 0.05) is 35.6 Å². The van der Waals surface area contributed by atoms with Crippen molar-refractivity contribution >= 4 is 17.0 Å². The van der Waals surface area contributed by atoms with E-state index in [1.165, 1.54) is 5.56 Å². The summed E-state index contributed by atoms with van der Waals surface area (Å²) in [5, 5.41) is 4.40. The van der Waals surface area contributed by atoms with Crippen molar-refractivity contribution in [1.29, 1.82) is 0 Å². The molecule has 0 aliphatic rings. The van der Waals surface area contributed by atoms with Crippen LogP contribution in [0.5, 0.6) is 0 Å². The number of anilines is 1. The second-order valence-corrected chi connectivity index (χ2v) is 9.90. The molecule has 0 aliphatic heterocycles. The Morgan fingerprint density at radius 3 is 2.40 bits per heavy atom. The molecular weight excluding hydrogens is 438 g/mol. The molecule has 0 aliphatic carbocycles. The first-order valence-electron chi connectivity index (χ1n) is 11.4. The molecule has 0 unspecified atom stereocenters. The molecule has 0 radical (unpaired) electrons. The van der Waals surface area contributed by atoms with Crippen LogP contribution in [0.2, 0.25) is 0 Å². The van der Waals surface area contributed by atoms with Crippen LogP contribution in [0.3, 0.4) is 0 Å². The van der Waals surface area contributed by atoms with E-state index in [-0.39, 0.29) is 11.5 Å². The molecule has 3 heterocycles. The summed E-state index contributed by atoms with van der Waals surface area (Å²) >= 11 is 0. The van der Waals surface area contributed by atoms with Gasteiger partial charge in [-0.2, -0.15) is 5.10 Å². The first-order valence-corrected chi connectivity index (χ1v) is 11.4. The lowest BCUT2D eigenvalue weighted by atomic mass is 10.0. The molecule has 9 nitrogen and oxygen atoms in total. The Bertz CT molecular complexity index is 1470. The number of aromatic nitrogens is 7. The maximum Gasteiger partial charge on any atom is 0.219 e. The van der Waals surface area contributed by atoms with Crippen LogP contribution in [-0.4, -0.2) is 53.3 Å². The summed E-state index contributed by atoms with van der Waals surface area (Å²) in [5.41, 5.74) is 12.4. The zero-order chi connectivity index (χ0) is 24.7. The van der Waals surface area contributed by atoms with Crippen LogP contribution >= 0.6 is 0 Å². The molecule has 35 heavy (non-hydrogen) atoms. The molecule has 0 saturated carbocycles. The van der Waals surface area contributed by atoms with Gasteiger partial charge in [-0.15, -0.1) is 0 Å². The largest absolute Gasteiger partial charge is 0.368 e. The van der Waals surface area contributed by atoms with Gasteiger partial charge in [-0.1, -0.05) is 12.1 Å². The second kappa shape index (κ2) is 8.59. The van der Waals surface area contributed by atoms with Gasteiger partial charge in [-0.3, -0.25) is 0 Å². The fraction of sp³-hybridized carbons (Fsp3) is 0.269. The van der Waals surface area contributed by atoms with Crippen LogP contribution in [0.15, 0.2) is 61.4 Å². The summed E-state index contributed by atoms with van der Waals surface area (Å²) in [5.74, 6) is 1.14. The fourth-order valence-electron chi connectivity index (χ4n) is 4.36.